The smallest absolute Gasteiger partial charge is 0.282 e. The van der Waals surface area contributed by atoms with Crippen molar-refractivity contribution in [2.45, 2.75) is 12.8 Å². The van der Waals surface area contributed by atoms with Gasteiger partial charge in [0, 0.05) is 45.0 Å². The van der Waals surface area contributed by atoms with Gasteiger partial charge in [-0.1, -0.05) is 0 Å². The molecule has 0 amide bonds. The first kappa shape index (κ1) is 15.6. The van der Waals surface area contributed by atoms with Crippen LogP contribution in [-0.4, -0.2) is 63.4 Å². The lowest BCUT2D eigenvalue weighted by Crippen LogP contribution is -2.52. The maximum absolute atomic E-state index is 12.5. The van der Waals surface area contributed by atoms with Crippen LogP contribution in [0.4, 0.5) is 5.69 Å². The molecule has 0 aliphatic carbocycles. The molecule has 0 spiro atoms. The van der Waals surface area contributed by atoms with Gasteiger partial charge < -0.3 is 9.64 Å². The molecule has 0 bridgehead atoms. The molecule has 1 aromatic rings. The van der Waals surface area contributed by atoms with Gasteiger partial charge in [0.15, 0.2) is 0 Å². The molecule has 3 rings (SSSR count). The van der Waals surface area contributed by atoms with Gasteiger partial charge >= 0.3 is 0 Å². The van der Waals surface area contributed by atoms with E-state index < -0.39 is 10.2 Å². The molecule has 7 heteroatoms. The Balaban J connectivity index is 1.62. The minimum atomic E-state index is -3.26. The van der Waals surface area contributed by atoms with E-state index in [1.54, 1.807) is 15.7 Å². The van der Waals surface area contributed by atoms with E-state index in [9.17, 15) is 8.42 Å². The van der Waals surface area contributed by atoms with Crippen LogP contribution in [0.3, 0.4) is 0 Å². The Bertz CT molecular complexity index is 589. The van der Waals surface area contributed by atoms with Gasteiger partial charge in [0.25, 0.3) is 10.2 Å². The van der Waals surface area contributed by atoms with Crippen LogP contribution in [0.15, 0.2) is 24.3 Å². The van der Waals surface area contributed by atoms with Crippen molar-refractivity contribution in [3.8, 4) is 5.75 Å². The Kier molecular flexibility index (Phi) is 4.56. The van der Waals surface area contributed by atoms with E-state index in [4.69, 9.17) is 4.74 Å². The van der Waals surface area contributed by atoms with Crippen molar-refractivity contribution in [1.29, 1.82) is 0 Å². The van der Waals surface area contributed by atoms with Crippen molar-refractivity contribution in [2.24, 2.45) is 0 Å². The zero-order valence-electron chi connectivity index (χ0n) is 12.9. The first-order valence-corrected chi connectivity index (χ1v) is 9.15. The fourth-order valence-electron chi connectivity index (χ4n) is 3.05. The summed E-state index contributed by atoms with van der Waals surface area (Å²) in [5.41, 5.74) is 1.11. The fraction of sp³-hybridized carbons (Fsp3) is 0.600. The first-order chi connectivity index (χ1) is 10.6. The third-order valence-corrected chi connectivity index (χ3v) is 6.43. The fourth-order valence-corrected chi connectivity index (χ4v) is 4.72. The molecule has 0 atom stereocenters. The third kappa shape index (κ3) is 3.06. The lowest BCUT2D eigenvalue weighted by Gasteiger charge is -2.37. The largest absolute Gasteiger partial charge is 0.497 e. The number of ether oxygens (including phenoxy) is 1. The topological polar surface area (TPSA) is 53.1 Å². The molecule has 0 N–H and O–H groups in total. The Morgan fingerprint density at radius 1 is 0.864 bits per heavy atom. The molecule has 2 aliphatic heterocycles. The average molecular weight is 325 g/mol. The molecule has 0 saturated carbocycles. The summed E-state index contributed by atoms with van der Waals surface area (Å²) in [6.07, 6.45) is 1.95. The number of rotatable bonds is 4. The van der Waals surface area contributed by atoms with Crippen LogP contribution in [0.2, 0.25) is 0 Å². The van der Waals surface area contributed by atoms with Gasteiger partial charge in [0.2, 0.25) is 0 Å². The lowest BCUT2D eigenvalue weighted by atomic mass is 10.2. The molecular formula is C15H23N3O3S. The molecule has 2 heterocycles. The summed E-state index contributed by atoms with van der Waals surface area (Å²) in [6, 6.07) is 7.90. The number of hydrogen-bond acceptors (Lipinski definition) is 4. The van der Waals surface area contributed by atoms with Gasteiger partial charge in [-0.05, 0) is 37.1 Å². The zero-order chi connectivity index (χ0) is 15.6. The van der Waals surface area contributed by atoms with E-state index in [0.29, 0.717) is 26.2 Å². The Labute approximate surface area is 132 Å². The van der Waals surface area contributed by atoms with Crippen molar-refractivity contribution in [3.63, 3.8) is 0 Å². The highest BCUT2D eigenvalue weighted by molar-refractivity contribution is 7.86. The number of benzene rings is 1. The summed E-state index contributed by atoms with van der Waals surface area (Å²) in [4.78, 5) is 2.22. The van der Waals surface area contributed by atoms with Gasteiger partial charge in [-0.25, -0.2) is 0 Å². The van der Waals surface area contributed by atoms with Crippen LogP contribution < -0.4 is 9.64 Å². The van der Waals surface area contributed by atoms with E-state index >= 15 is 0 Å². The van der Waals surface area contributed by atoms with E-state index in [1.807, 2.05) is 24.3 Å². The first-order valence-electron chi connectivity index (χ1n) is 7.75. The van der Waals surface area contributed by atoms with Gasteiger partial charge in [-0.3, -0.25) is 0 Å². The zero-order valence-corrected chi connectivity index (χ0v) is 13.8. The molecule has 0 radical (unpaired) electrons. The summed E-state index contributed by atoms with van der Waals surface area (Å²) in [7, 11) is -1.61. The van der Waals surface area contributed by atoms with Crippen molar-refractivity contribution in [3.05, 3.63) is 24.3 Å². The van der Waals surface area contributed by atoms with Crippen LogP contribution >= 0.6 is 0 Å². The van der Waals surface area contributed by atoms with Crippen molar-refractivity contribution >= 4 is 15.9 Å². The molecule has 0 unspecified atom stereocenters. The number of methoxy groups -OCH3 is 1. The number of hydrogen-bond donors (Lipinski definition) is 0. The minimum absolute atomic E-state index is 0.546. The second-order valence-electron chi connectivity index (χ2n) is 5.70. The summed E-state index contributed by atoms with van der Waals surface area (Å²) < 4.78 is 33.5. The monoisotopic (exact) mass is 325 g/mol. The quantitative estimate of drug-likeness (QED) is 0.833. The van der Waals surface area contributed by atoms with E-state index in [0.717, 1.165) is 37.4 Å². The third-order valence-electron chi connectivity index (χ3n) is 4.39. The van der Waals surface area contributed by atoms with Gasteiger partial charge in [-0.15, -0.1) is 0 Å². The predicted octanol–water partition coefficient (Wildman–Crippen LogP) is 1.16. The molecule has 2 fully saturated rings. The Morgan fingerprint density at radius 2 is 1.41 bits per heavy atom. The molecule has 122 valence electrons. The minimum Gasteiger partial charge on any atom is -0.497 e. The maximum atomic E-state index is 12.5. The number of anilines is 1. The molecular weight excluding hydrogens is 302 g/mol. The maximum Gasteiger partial charge on any atom is 0.282 e. The van der Waals surface area contributed by atoms with Crippen LogP contribution in [0.25, 0.3) is 0 Å². The predicted molar refractivity (Wildman–Crippen MR) is 86.5 cm³/mol. The molecule has 2 aliphatic rings. The van der Waals surface area contributed by atoms with Gasteiger partial charge in [0.05, 0.1) is 7.11 Å². The average Bonchev–Trinajstić information content (AvgIpc) is 3.10. The van der Waals surface area contributed by atoms with Crippen molar-refractivity contribution < 1.29 is 13.2 Å². The normalized spacial score (nSPS) is 21.2. The van der Waals surface area contributed by atoms with Crippen LogP contribution in [-0.2, 0) is 10.2 Å². The highest BCUT2D eigenvalue weighted by Gasteiger charge is 2.33. The molecule has 0 aromatic heterocycles. The SMILES string of the molecule is COc1ccc(N2CCN(S(=O)(=O)N3CCCC3)CC2)cc1. The number of nitrogens with zero attached hydrogens (tertiary/aromatic N) is 3. The lowest BCUT2D eigenvalue weighted by molar-refractivity contribution is 0.343. The Morgan fingerprint density at radius 3 is 1.95 bits per heavy atom. The van der Waals surface area contributed by atoms with E-state index in [2.05, 4.69) is 4.90 Å². The van der Waals surface area contributed by atoms with E-state index in [-0.39, 0.29) is 0 Å². The summed E-state index contributed by atoms with van der Waals surface area (Å²) >= 11 is 0. The van der Waals surface area contributed by atoms with E-state index in [1.165, 1.54) is 0 Å². The highest BCUT2D eigenvalue weighted by atomic mass is 32.2. The standard InChI is InChI=1S/C15H23N3O3S/c1-21-15-6-4-14(5-7-15)16-10-12-18(13-11-16)22(19,20)17-8-2-3-9-17/h4-7H,2-3,8-13H2,1H3. The van der Waals surface area contributed by atoms with Crippen LogP contribution in [0.5, 0.6) is 5.75 Å². The number of piperazine rings is 1. The van der Waals surface area contributed by atoms with Gasteiger partial charge in [0.1, 0.15) is 5.75 Å². The Hall–Kier alpha value is -1.31. The highest BCUT2D eigenvalue weighted by Crippen LogP contribution is 2.23. The second kappa shape index (κ2) is 6.44. The molecule has 1 aromatic carbocycles. The van der Waals surface area contributed by atoms with Crippen LogP contribution in [0.1, 0.15) is 12.8 Å². The van der Waals surface area contributed by atoms with Crippen LogP contribution in [0, 0.1) is 0 Å². The van der Waals surface area contributed by atoms with Gasteiger partial charge in [-0.2, -0.15) is 17.0 Å². The summed E-state index contributed by atoms with van der Waals surface area (Å²) in [5.74, 6) is 0.832. The molecule has 2 saturated heterocycles. The molecule has 6 nitrogen and oxygen atoms in total. The second-order valence-corrected chi connectivity index (χ2v) is 7.63. The summed E-state index contributed by atoms with van der Waals surface area (Å²) in [5, 5.41) is 0. The summed E-state index contributed by atoms with van der Waals surface area (Å²) in [6.45, 7) is 3.87. The van der Waals surface area contributed by atoms with Crippen molar-refractivity contribution in [2.75, 3.05) is 51.3 Å². The molecule has 22 heavy (non-hydrogen) atoms. The van der Waals surface area contributed by atoms with Crippen molar-refractivity contribution in [1.82, 2.24) is 8.61 Å².